The van der Waals surface area contributed by atoms with Gasteiger partial charge in [-0.1, -0.05) is 65.3 Å². The summed E-state index contributed by atoms with van der Waals surface area (Å²) in [5, 5.41) is 0.590. The number of halogens is 1. The van der Waals surface area contributed by atoms with E-state index in [2.05, 4.69) is 65.2 Å². The number of hydrogen-bond acceptors (Lipinski definition) is 2. The van der Waals surface area contributed by atoms with E-state index in [1.165, 1.54) is 22.8 Å². The predicted octanol–water partition coefficient (Wildman–Crippen LogP) is 8.17. The largest absolute Gasteiger partial charge is 0.335 e. The molecule has 2 aliphatic heterocycles. The lowest BCUT2D eigenvalue weighted by atomic mass is 9.72. The number of pyridine rings is 1. The standard InChI is InChI=1S/C29H35FN2/c1-8-11-19(4)29(6,7)24-16-27-28-21(15-23-25(30)12-10-13-26(23)31-28)17-32(27)20(5)22(24)14-18(3)9-2/h10-13,15-16,18H,5,8-9,14,17H2,1-4,6-7H3/b19-11+. The summed E-state index contributed by atoms with van der Waals surface area (Å²) in [6, 6.07) is 7.10. The summed E-state index contributed by atoms with van der Waals surface area (Å²) < 4.78 is 14.4. The topological polar surface area (TPSA) is 16.1 Å². The maximum atomic E-state index is 14.4. The Morgan fingerprint density at radius 2 is 2.06 bits per heavy atom. The van der Waals surface area contributed by atoms with Crippen LogP contribution in [0.15, 0.2) is 65.4 Å². The minimum absolute atomic E-state index is 0.105. The van der Waals surface area contributed by atoms with Crippen LogP contribution in [0.3, 0.4) is 0 Å². The Bertz CT molecular complexity index is 1180. The van der Waals surface area contributed by atoms with Gasteiger partial charge < -0.3 is 4.90 Å². The Hall–Kier alpha value is -2.68. The molecule has 3 heterocycles. The molecule has 2 nitrogen and oxygen atoms in total. The van der Waals surface area contributed by atoms with Crippen molar-refractivity contribution >= 4 is 16.6 Å². The predicted molar refractivity (Wildman–Crippen MR) is 133 cm³/mol. The van der Waals surface area contributed by atoms with Crippen molar-refractivity contribution in [1.29, 1.82) is 0 Å². The molecule has 0 saturated heterocycles. The fourth-order valence-electron chi connectivity index (χ4n) is 4.91. The maximum Gasteiger partial charge on any atom is 0.132 e. The van der Waals surface area contributed by atoms with Gasteiger partial charge in [-0.2, -0.15) is 0 Å². The van der Waals surface area contributed by atoms with Crippen molar-refractivity contribution in [1.82, 2.24) is 9.88 Å². The molecule has 1 aromatic carbocycles. The van der Waals surface area contributed by atoms with Gasteiger partial charge in [-0.15, -0.1) is 0 Å². The highest BCUT2D eigenvalue weighted by Gasteiger charge is 2.37. The molecule has 0 N–H and O–H groups in total. The van der Waals surface area contributed by atoms with Crippen molar-refractivity contribution in [2.24, 2.45) is 11.3 Å². The Morgan fingerprint density at radius 3 is 2.75 bits per heavy atom. The molecule has 0 fully saturated rings. The molecular formula is C29H35FN2. The zero-order valence-electron chi connectivity index (χ0n) is 20.3. The van der Waals surface area contributed by atoms with Gasteiger partial charge in [-0.05, 0) is 61.1 Å². The number of allylic oxidation sites excluding steroid dienone is 5. The third-order valence-electron chi connectivity index (χ3n) is 7.45. The molecule has 0 spiro atoms. The van der Waals surface area contributed by atoms with E-state index in [0.29, 0.717) is 23.4 Å². The molecule has 0 radical (unpaired) electrons. The minimum Gasteiger partial charge on any atom is -0.335 e. The van der Waals surface area contributed by atoms with E-state index in [1.54, 1.807) is 6.07 Å². The van der Waals surface area contributed by atoms with Crippen molar-refractivity contribution in [3.8, 4) is 0 Å². The molecule has 4 rings (SSSR count). The monoisotopic (exact) mass is 430 g/mol. The third-order valence-corrected chi connectivity index (χ3v) is 7.45. The summed E-state index contributed by atoms with van der Waals surface area (Å²) in [6.07, 6.45) is 7.84. The van der Waals surface area contributed by atoms with Gasteiger partial charge >= 0.3 is 0 Å². The van der Waals surface area contributed by atoms with Gasteiger partial charge in [0.1, 0.15) is 5.82 Å². The highest BCUT2D eigenvalue weighted by atomic mass is 19.1. The Kier molecular flexibility index (Phi) is 5.87. The third kappa shape index (κ3) is 3.62. The molecule has 1 aromatic heterocycles. The average Bonchev–Trinajstić information content (AvgIpc) is 3.12. The van der Waals surface area contributed by atoms with E-state index in [1.807, 2.05) is 12.1 Å². The molecule has 0 saturated carbocycles. The van der Waals surface area contributed by atoms with E-state index in [-0.39, 0.29) is 11.2 Å². The van der Waals surface area contributed by atoms with E-state index < -0.39 is 0 Å². The molecule has 0 amide bonds. The smallest absolute Gasteiger partial charge is 0.132 e. The van der Waals surface area contributed by atoms with Gasteiger partial charge in [0.2, 0.25) is 0 Å². The van der Waals surface area contributed by atoms with Crippen LogP contribution in [0.5, 0.6) is 0 Å². The van der Waals surface area contributed by atoms with Crippen LogP contribution in [-0.2, 0) is 6.54 Å². The van der Waals surface area contributed by atoms with Gasteiger partial charge in [0.25, 0.3) is 0 Å². The van der Waals surface area contributed by atoms with Crippen LogP contribution >= 0.6 is 0 Å². The summed E-state index contributed by atoms with van der Waals surface area (Å²) >= 11 is 0. The van der Waals surface area contributed by atoms with Gasteiger partial charge in [0.15, 0.2) is 0 Å². The van der Waals surface area contributed by atoms with Crippen LogP contribution in [0.4, 0.5) is 4.39 Å². The van der Waals surface area contributed by atoms with E-state index >= 15 is 0 Å². The number of aromatic nitrogens is 1. The molecular weight excluding hydrogens is 395 g/mol. The first kappa shape index (κ1) is 22.5. The van der Waals surface area contributed by atoms with Gasteiger partial charge in [-0.3, -0.25) is 0 Å². The van der Waals surface area contributed by atoms with Crippen LogP contribution in [0.1, 0.15) is 72.1 Å². The van der Waals surface area contributed by atoms with Crippen LogP contribution in [-0.4, -0.2) is 9.88 Å². The second-order valence-electron chi connectivity index (χ2n) is 9.90. The summed E-state index contributed by atoms with van der Waals surface area (Å²) in [4.78, 5) is 7.19. The normalized spacial score (nSPS) is 17.6. The molecule has 2 aromatic rings. The van der Waals surface area contributed by atoms with Crippen LogP contribution < -0.4 is 0 Å². The van der Waals surface area contributed by atoms with Crippen LogP contribution in [0, 0.1) is 17.2 Å². The fraction of sp³-hybridized carbons (Fsp3) is 0.414. The van der Waals surface area contributed by atoms with E-state index in [9.17, 15) is 4.39 Å². The van der Waals surface area contributed by atoms with Crippen molar-refractivity contribution in [3.63, 3.8) is 0 Å². The van der Waals surface area contributed by atoms with Gasteiger partial charge in [-0.25, -0.2) is 9.37 Å². The molecule has 3 heteroatoms. The summed E-state index contributed by atoms with van der Waals surface area (Å²) in [5.74, 6) is 0.367. The second-order valence-corrected chi connectivity index (χ2v) is 9.90. The molecule has 0 bridgehead atoms. The number of rotatable bonds is 6. The Balaban J connectivity index is 1.92. The van der Waals surface area contributed by atoms with Gasteiger partial charge in [0, 0.05) is 22.1 Å². The summed E-state index contributed by atoms with van der Waals surface area (Å²) in [5.41, 5.74) is 8.85. The molecule has 1 atom stereocenters. The number of nitrogens with zero attached hydrogens (tertiary/aromatic N) is 2. The van der Waals surface area contributed by atoms with Crippen LogP contribution in [0.2, 0.25) is 0 Å². The first-order valence-corrected chi connectivity index (χ1v) is 11.9. The summed E-state index contributed by atoms with van der Waals surface area (Å²) in [6.45, 7) is 18.9. The Labute approximate surface area is 192 Å². The zero-order chi connectivity index (χ0) is 23.2. The lowest BCUT2D eigenvalue weighted by molar-refractivity contribution is 0.461. The molecule has 0 aliphatic carbocycles. The Morgan fingerprint density at radius 1 is 1.31 bits per heavy atom. The highest BCUT2D eigenvalue weighted by molar-refractivity contribution is 5.86. The van der Waals surface area contributed by atoms with Crippen molar-refractivity contribution < 1.29 is 4.39 Å². The first-order chi connectivity index (χ1) is 15.2. The number of benzene rings is 1. The quantitative estimate of drug-likeness (QED) is 0.430. The van der Waals surface area contributed by atoms with Crippen molar-refractivity contribution in [2.45, 2.75) is 67.3 Å². The highest BCUT2D eigenvalue weighted by Crippen LogP contribution is 2.49. The van der Waals surface area contributed by atoms with Crippen LogP contribution in [0.25, 0.3) is 16.6 Å². The maximum absolute atomic E-state index is 14.4. The van der Waals surface area contributed by atoms with Gasteiger partial charge in [0.05, 0.1) is 23.5 Å². The lowest BCUT2D eigenvalue weighted by Gasteiger charge is -2.38. The molecule has 168 valence electrons. The second kappa shape index (κ2) is 8.35. The molecule has 32 heavy (non-hydrogen) atoms. The number of fused-ring (bicyclic) bond motifs is 4. The lowest BCUT2D eigenvalue weighted by Crippen LogP contribution is -2.27. The fourth-order valence-corrected chi connectivity index (χ4v) is 4.91. The van der Waals surface area contributed by atoms with E-state index in [0.717, 1.165) is 41.9 Å². The zero-order valence-corrected chi connectivity index (χ0v) is 20.3. The van der Waals surface area contributed by atoms with Crippen molar-refractivity contribution in [3.05, 3.63) is 82.5 Å². The molecule has 1 unspecified atom stereocenters. The first-order valence-electron chi connectivity index (χ1n) is 11.9. The van der Waals surface area contributed by atoms with Crippen molar-refractivity contribution in [2.75, 3.05) is 0 Å². The number of hydrogen-bond donors (Lipinski definition) is 0. The molecule has 2 aliphatic rings. The SMILES string of the molecule is C=C1C(CC(C)CC)=C(C(C)(C)/C(C)=C/CC)C=C2c3nc4cccc(F)c4cc3CN12. The average molecular weight is 431 g/mol. The van der Waals surface area contributed by atoms with E-state index in [4.69, 9.17) is 4.98 Å². The minimum atomic E-state index is -0.215. The summed E-state index contributed by atoms with van der Waals surface area (Å²) in [7, 11) is 0.